The first-order valence-corrected chi connectivity index (χ1v) is 11.4. The van der Waals surface area contributed by atoms with Crippen molar-refractivity contribution >= 4 is 18.0 Å². The second-order valence-electron chi connectivity index (χ2n) is 9.73. The van der Waals surface area contributed by atoms with E-state index in [4.69, 9.17) is 9.84 Å². The number of rotatable bonds is 8. The van der Waals surface area contributed by atoms with Gasteiger partial charge in [0.25, 0.3) is 0 Å². The lowest BCUT2D eigenvalue weighted by Crippen LogP contribution is -2.54. The Bertz CT molecular complexity index is 1010. The first kappa shape index (κ1) is 22.8. The molecule has 1 saturated carbocycles. The molecule has 1 unspecified atom stereocenters. The zero-order chi connectivity index (χ0) is 23.6. The van der Waals surface area contributed by atoms with Crippen LogP contribution in [0, 0.1) is 5.41 Å². The molecular weight excluding hydrogens is 420 g/mol. The molecule has 33 heavy (non-hydrogen) atoms. The van der Waals surface area contributed by atoms with Crippen LogP contribution in [-0.4, -0.2) is 41.8 Å². The molecule has 2 aromatic carbocycles. The van der Waals surface area contributed by atoms with E-state index in [9.17, 15) is 14.4 Å². The standard InChI is InChI=1S/C26H30N2O5/c1-26(2)13-16(14-26)27-24(31)22(11-12-23(29)30)28-25(32)33-15-21-19-9-5-3-7-17(19)18-8-4-6-10-20(18)21/h3-10,16,21-22H,11-15H2,1-2H3,(H,27,31)(H,28,32)(H,29,30). The first-order valence-electron chi connectivity index (χ1n) is 11.4. The maximum Gasteiger partial charge on any atom is 0.407 e. The molecule has 1 atom stereocenters. The zero-order valence-electron chi connectivity index (χ0n) is 19.0. The summed E-state index contributed by atoms with van der Waals surface area (Å²) in [6.07, 6.45) is 0.765. The highest BCUT2D eigenvalue weighted by atomic mass is 16.5. The van der Waals surface area contributed by atoms with Crippen molar-refractivity contribution in [2.45, 2.75) is 57.5 Å². The highest BCUT2D eigenvalue weighted by Crippen LogP contribution is 2.44. The third-order valence-corrected chi connectivity index (χ3v) is 6.54. The number of carboxylic acid groups (broad SMARTS) is 1. The van der Waals surface area contributed by atoms with Crippen molar-refractivity contribution in [3.63, 3.8) is 0 Å². The van der Waals surface area contributed by atoms with Gasteiger partial charge in [0.2, 0.25) is 5.91 Å². The highest BCUT2D eigenvalue weighted by molar-refractivity contribution is 5.86. The van der Waals surface area contributed by atoms with E-state index >= 15 is 0 Å². The SMILES string of the molecule is CC1(C)CC(NC(=O)C(CCC(=O)O)NC(=O)OCC2c3ccccc3-c3ccccc32)C1. The van der Waals surface area contributed by atoms with Gasteiger partial charge < -0.3 is 20.5 Å². The molecule has 174 valence electrons. The number of amides is 2. The van der Waals surface area contributed by atoms with Crippen LogP contribution in [0.2, 0.25) is 0 Å². The van der Waals surface area contributed by atoms with Crippen LogP contribution in [0.4, 0.5) is 4.79 Å². The Balaban J connectivity index is 1.38. The lowest BCUT2D eigenvalue weighted by molar-refractivity contribution is -0.137. The highest BCUT2D eigenvalue weighted by Gasteiger charge is 2.38. The van der Waals surface area contributed by atoms with Gasteiger partial charge in [0, 0.05) is 18.4 Å². The molecule has 2 aliphatic rings. The Hall–Kier alpha value is -3.35. The molecule has 0 aliphatic heterocycles. The summed E-state index contributed by atoms with van der Waals surface area (Å²) in [5.74, 6) is -1.48. The Kier molecular flexibility index (Phi) is 6.40. The lowest BCUT2D eigenvalue weighted by atomic mass is 9.68. The van der Waals surface area contributed by atoms with Crippen molar-refractivity contribution in [2.24, 2.45) is 5.41 Å². The summed E-state index contributed by atoms with van der Waals surface area (Å²) in [5, 5.41) is 14.5. The van der Waals surface area contributed by atoms with E-state index in [-0.39, 0.29) is 42.7 Å². The Morgan fingerprint density at radius 1 is 1.03 bits per heavy atom. The van der Waals surface area contributed by atoms with E-state index in [0.717, 1.165) is 35.1 Å². The van der Waals surface area contributed by atoms with Gasteiger partial charge in [-0.15, -0.1) is 0 Å². The minimum Gasteiger partial charge on any atom is -0.481 e. The monoisotopic (exact) mass is 450 g/mol. The fraction of sp³-hybridized carbons (Fsp3) is 0.423. The fourth-order valence-corrected chi connectivity index (χ4v) is 5.00. The first-order chi connectivity index (χ1) is 15.7. The molecule has 7 nitrogen and oxygen atoms in total. The van der Waals surface area contributed by atoms with E-state index in [1.54, 1.807) is 0 Å². The van der Waals surface area contributed by atoms with E-state index in [2.05, 4.69) is 36.6 Å². The zero-order valence-corrected chi connectivity index (χ0v) is 19.0. The Labute approximate surface area is 193 Å². The van der Waals surface area contributed by atoms with Crippen molar-refractivity contribution in [1.29, 1.82) is 0 Å². The number of hydrogen-bond acceptors (Lipinski definition) is 4. The summed E-state index contributed by atoms with van der Waals surface area (Å²) in [7, 11) is 0. The van der Waals surface area contributed by atoms with Crippen molar-refractivity contribution < 1.29 is 24.2 Å². The van der Waals surface area contributed by atoms with E-state index < -0.39 is 18.1 Å². The average Bonchev–Trinajstić information content (AvgIpc) is 3.07. The van der Waals surface area contributed by atoms with E-state index in [1.165, 1.54) is 0 Å². The molecule has 2 aliphatic carbocycles. The summed E-state index contributed by atoms with van der Waals surface area (Å²) >= 11 is 0. The number of aliphatic carboxylic acids is 1. The maximum atomic E-state index is 12.7. The van der Waals surface area contributed by atoms with Gasteiger partial charge in [-0.05, 0) is 46.9 Å². The van der Waals surface area contributed by atoms with E-state index in [1.807, 2.05) is 36.4 Å². The third-order valence-electron chi connectivity index (χ3n) is 6.54. The van der Waals surface area contributed by atoms with Crippen LogP contribution in [0.1, 0.15) is 56.6 Å². The Morgan fingerprint density at radius 2 is 1.61 bits per heavy atom. The quantitative estimate of drug-likeness (QED) is 0.563. The minimum absolute atomic E-state index is 0.00146. The minimum atomic E-state index is -1.02. The topological polar surface area (TPSA) is 105 Å². The smallest absolute Gasteiger partial charge is 0.407 e. The summed E-state index contributed by atoms with van der Waals surface area (Å²) < 4.78 is 5.53. The second-order valence-corrected chi connectivity index (χ2v) is 9.73. The van der Waals surface area contributed by atoms with Gasteiger partial charge >= 0.3 is 12.1 Å². The van der Waals surface area contributed by atoms with Crippen LogP contribution >= 0.6 is 0 Å². The predicted molar refractivity (Wildman–Crippen MR) is 124 cm³/mol. The molecule has 0 spiro atoms. The number of nitrogens with one attached hydrogen (secondary N) is 2. The number of carbonyl (C=O) groups is 3. The normalized spacial score (nSPS) is 17.3. The largest absolute Gasteiger partial charge is 0.481 e. The van der Waals surface area contributed by atoms with Gasteiger partial charge in [-0.25, -0.2) is 4.79 Å². The maximum absolute atomic E-state index is 12.7. The number of carbonyl (C=O) groups excluding carboxylic acids is 2. The molecular formula is C26H30N2O5. The molecule has 2 amide bonds. The van der Waals surface area contributed by atoms with Crippen molar-refractivity contribution in [1.82, 2.24) is 10.6 Å². The molecule has 2 aromatic rings. The van der Waals surface area contributed by atoms with Gasteiger partial charge in [-0.2, -0.15) is 0 Å². The summed E-state index contributed by atoms with van der Waals surface area (Å²) in [5.41, 5.74) is 4.64. The Morgan fingerprint density at radius 3 is 2.15 bits per heavy atom. The van der Waals surface area contributed by atoms with Crippen molar-refractivity contribution in [3.8, 4) is 11.1 Å². The predicted octanol–water partition coefficient (Wildman–Crippen LogP) is 4.06. The van der Waals surface area contributed by atoms with E-state index in [0.29, 0.717) is 0 Å². The molecule has 0 bridgehead atoms. The van der Waals surface area contributed by atoms with Crippen LogP contribution in [0.5, 0.6) is 0 Å². The fourth-order valence-electron chi connectivity index (χ4n) is 5.00. The van der Waals surface area contributed by atoms with Crippen LogP contribution in [-0.2, 0) is 14.3 Å². The van der Waals surface area contributed by atoms with Crippen LogP contribution < -0.4 is 10.6 Å². The summed E-state index contributed by atoms with van der Waals surface area (Å²) in [4.78, 5) is 36.4. The molecule has 0 aromatic heterocycles. The molecule has 7 heteroatoms. The molecule has 4 rings (SSSR count). The number of benzene rings is 2. The van der Waals surface area contributed by atoms with Crippen LogP contribution in [0.25, 0.3) is 11.1 Å². The van der Waals surface area contributed by atoms with Crippen molar-refractivity contribution in [2.75, 3.05) is 6.61 Å². The van der Waals surface area contributed by atoms with Gasteiger partial charge in [-0.3, -0.25) is 9.59 Å². The van der Waals surface area contributed by atoms with Gasteiger partial charge in [0.15, 0.2) is 0 Å². The number of hydrogen-bond donors (Lipinski definition) is 3. The molecule has 3 N–H and O–H groups in total. The van der Waals surface area contributed by atoms with Crippen LogP contribution in [0.3, 0.4) is 0 Å². The van der Waals surface area contributed by atoms with Crippen LogP contribution in [0.15, 0.2) is 48.5 Å². The average molecular weight is 451 g/mol. The molecule has 0 heterocycles. The number of ether oxygens (including phenoxy) is 1. The summed E-state index contributed by atoms with van der Waals surface area (Å²) in [6, 6.07) is 15.2. The number of alkyl carbamates (subject to hydrolysis) is 1. The third kappa shape index (κ3) is 5.18. The molecule has 0 saturated heterocycles. The number of fused-ring (bicyclic) bond motifs is 3. The molecule has 1 fully saturated rings. The second kappa shape index (κ2) is 9.25. The summed E-state index contributed by atoms with van der Waals surface area (Å²) in [6.45, 7) is 4.39. The van der Waals surface area contributed by atoms with Gasteiger partial charge in [-0.1, -0.05) is 62.4 Å². The van der Waals surface area contributed by atoms with Gasteiger partial charge in [0.1, 0.15) is 12.6 Å². The van der Waals surface area contributed by atoms with Crippen molar-refractivity contribution in [3.05, 3.63) is 59.7 Å². The van der Waals surface area contributed by atoms with Gasteiger partial charge in [0.05, 0.1) is 0 Å². The lowest BCUT2D eigenvalue weighted by Gasteiger charge is -2.43. The number of carboxylic acids is 1. The molecule has 0 radical (unpaired) electrons.